The molecule has 0 aliphatic carbocycles. The first-order chi connectivity index (χ1) is 13.7. The maximum Gasteiger partial charge on any atom is 0.411 e. The second kappa shape index (κ2) is 10.4. The third-order valence-electron chi connectivity index (χ3n) is 4.04. The Bertz CT molecular complexity index is 883. The van der Waals surface area contributed by atoms with E-state index in [1.165, 1.54) is 11.8 Å². The van der Waals surface area contributed by atoms with Crippen LogP contribution >= 0.6 is 11.8 Å². The van der Waals surface area contributed by atoms with Gasteiger partial charge >= 0.3 is 6.18 Å². The molecule has 2 rings (SSSR count). The van der Waals surface area contributed by atoms with Crippen molar-refractivity contribution >= 4 is 17.7 Å². The largest absolute Gasteiger partial charge is 0.411 e. The van der Waals surface area contributed by atoms with Gasteiger partial charge in [0.1, 0.15) is 6.61 Å². The lowest BCUT2D eigenvalue weighted by atomic mass is 10.1. The van der Waals surface area contributed by atoms with Crippen molar-refractivity contribution < 1.29 is 22.7 Å². The molecule has 1 amide bonds. The first-order valence-corrected chi connectivity index (χ1v) is 10.0. The number of ether oxygens (including phenoxy) is 1. The number of benzene rings is 1. The molecule has 0 radical (unpaired) electrons. The summed E-state index contributed by atoms with van der Waals surface area (Å²) in [6, 6.07) is 6.73. The summed E-state index contributed by atoms with van der Waals surface area (Å²) in [6.07, 6.45) is -2.11. The van der Waals surface area contributed by atoms with Crippen molar-refractivity contribution in [3.8, 4) is 0 Å². The first kappa shape index (κ1) is 23.0. The van der Waals surface area contributed by atoms with Gasteiger partial charge in [0.25, 0.3) is 5.56 Å². The van der Waals surface area contributed by atoms with Gasteiger partial charge in [-0.05, 0) is 30.7 Å². The Morgan fingerprint density at radius 2 is 1.90 bits per heavy atom. The van der Waals surface area contributed by atoms with Gasteiger partial charge < -0.3 is 15.0 Å². The summed E-state index contributed by atoms with van der Waals surface area (Å²) in [5.41, 5.74) is 2.27. The van der Waals surface area contributed by atoms with E-state index in [2.05, 4.69) is 20.0 Å². The van der Waals surface area contributed by atoms with Crippen LogP contribution in [0.5, 0.6) is 0 Å². The van der Waals surface area contributed by atoms with E-state index in [-0.39, 0.29) is 37.5 Å². The van der Waals surface area contributed by atoms with E-state index in [1.807, 2.05) is 6.26 Å². The lowest BCUT2D eigenvalue weighted by Gasteiger charge is -2.09. The van der Waals surface area contributed by atoms with Crippen LogP contribution in [0.2, 0.25) is 0 Å². The summed E-state index contributed by atoms with van der Waals surface area (Å²) in [4.78, 5) is 31.1. The quantitative estimate of drug-likeness (QED) is 0.473. The lowest BCUT2D eigenvalue weighted by molar-refractivity contribution is -0.176. The maximum atomic E-state index is 12.1. The topological polar surface area (TPSA) is 84.1 Å². The highest BCUT2D eigenvalue weighted by molar-refractivity contribution is 7.98. The Hall–Kier alpha value is -2.33. The number of carbonyl (C=O) groups is 1. The molecule has 1 heterocycles. The van der Waals surface area contributed by atoms with Crippen LogP contribution in [0, 0.1) is 6.92 Å². The Morgan fingerprint density at radius 1 is 1.24 bits per heavy atom. The summed E-state index contributed by atoms with van der Waals surface area (Å²) in [7, 11) is 0. The van der Waals surface area contributed by atoms with Crippen LogP contribution in [-0.2, 0) is 29.1 Å². The number of nitrogens with one attached hydrogen (secondary N) is 2. The smallest absolute Gasteiger partial charge is 0.367 e. The summed E-state index contributed by atoms with van der Waals surface area (Å²) >= 11 is 1.34. The molecule has 0 saturated heterocycles. The van der Waals surface area contributed by atoms with Crippen molar-refractivity contribution in [1.82, 2.24) is 15.3 Å². The molecule has 0 atom stereocenters. The van der Waals surface area contributed by atoms with Crippen molar-refractivity contribution in [2.45, 2.75) is 44.2 Å². The van der Waals surface area contributed by atoms with Gasteiger partial charge in [0.15, 0.2) is 5.16 Å². The molecule has 0 aliphatic rings. The summed E-state index contributed by atoms with van der Waals surface area (Å²) in [6.45, 7) is 0.593. The van der Waals surface area contributed by atoms with E-state index in [0.29, 0.717) is 22.0 Å². The number of hydrogen-bond donors (Lipinski definition) is 2. The molecule has 10 heteroatoms. The zero-order valence-electron chi connectivity index (χ0n) is 16.1. The van der Waals surface area contributed by atoms with Crippen LogP contribution in [-0.4, -0.2) is 34.9 Å². The SMILES string of the molecule is CSc1nc(C)c(CCC(=O)NCc2ccc(COCC(F)(F)F)cc2)c(=O)[nH]1. The number of carbonyl (C=O) groups excluding carboxylic acids is 1. The Labute approximate surface area is 170 Å². The lowest BCUT2D eigenvalue weighted by Crippen LogP contribution is -2.25. The number of amides is 1. The normalized spacial score (nSPS) is 11.5. The predicted octanol–water partition coefficient (Wildman–Crippen LogP) is 3.13. The highest BCUT2D eigenvalue weighted by atomic mass is 32.2. The van der Waals surface area contributed by atoms with Gasteiger partial charge in [-0.3, -0.25) is 9.59 Å². The molecule has 1 aromatic heterocycles. The maximum absolute atomic E-state index is 12.1. The molecule has 0 saturated carbocycles. The van der Waals surface area contributed by atoms with Crippen LogP contribution < -0.4 is 10.9 Å². The van der Waals surface area contributed by atoms with Gasteiger partial charge in [-0.25, -0.2) is 4.98 Å². The minimum absolute atomic E-state index is 0.136. The van der Waals surface area contributed by atoms with Crippen molar-refractivity contribution in [2.24, 2.45) is 0 Å². The summed E-state index contributed by atoms with van der Waals surface area (Å²) in [5.74, 6) is -0.213. The zero-order chi connectivity index (χ0) is 21.4. The van der Waals surface area contributed by atoms with Crippen LogP contribution in [0.3, 0.4) is 0 Å². The predicted molar refractivity (Wildman–Crippen MR) is 104 cm³/mol. The van der Waals surface area contributed by atoms with Gasteiger partial charge in [-0.15, -0.1) is 0 Å². The number of aryl methyl sites for hydroxylation is 1. The molecule has 6 nitrogen and oxygen atoms in total. The number of aromatic nitrogens is 2. The van der Waals surface area contributed by atoms with E-state index in [9.17, 15) is 22.8 Å². The molecule has 2 N–H and O–H groups in total. The van der Waals surface area contributed by atoms with Crippen molar-refractivity contribution in [2.75, 3.05) is 12.9 Å². The number of halogens is 3. The molecular weight excluding hydrogens is 407 g/mol. The summed E-state index contributed by atoms with van der Waals surface area (Å²) in [5, 5.41) is 3.29. The highest BCUT2D eigenvalue weighted by Gasteiger charge is 2.27. The van der Waals surface area contributed by atoms with Crippen molar-refractivity contribution in [3.63, 3.8) is 0 Å². The molecule has 158 valence electrons. The molecule has 29 heavy (non-hydrogen) atoms. The minimum Gasteiger partial charge on any atom is -0.367 e. The fourth-order valence-corrected chi connectivity index (χ4v) is 2.96. The number of thioether (sulfide) groups is 1. The number of nitrogens with zero attached hydrogens (tertiary/aromatic N) is 1. The Kier molecular flexibility index (Phi) is 8.27. The van der Waals surface area contributed by atoms with E-state index < -0.39 is 12.8 Å². The molecule has 2 aromatic rings. The van der Waals surface area contributed by atoms with Gasteiger partial charge in [-0.2, -0.15) is 13.2 Å². The number of alkyl halides is 3. The molecule has 0 aliphatic heterocycles. The third-order valence-corrected chi connectivity index (χ3v) is 4.62. The fraction of sp³-hybridized carbons (Fsp3) is 0.421. The highest BCUT2D eigenvalue weighted by Crippen LogP contribution is 2.16. The van der Waals surface area contributed by atoms with Gasteiger partial charge in [-0.1, -0.05) is 36.0 Å². The van der Waals surface area contributed by atoms with E-state index in [1.54, 1.807) is 31.2 Å². The molecular formula is C19H22F3N3O3S. The number of hydrogen-bond acceptors (Lipinski definition) is 5. The van der Waals surface area contributed by atoms with E-state index in [0.717, 1.165) is 5.56 Å². The van der Waals surface area contributed by atoms with Crippen molar-refractivity contribution in [3.05, 3.63) is 57.0 Å². The van der Waals surface area contributed by atoms with E-state index in [4.69, 9.17) is 0 Å². The number of H-pyrrole nitrogens is 1. The monoisotopic (exact) mass is 429 g/mol. The van der Waals surface area contributed by atoms with Gasteiger partial charge in [0.2, 0.25) is 5.91 Å². The van der Waals surface area contributed by atoms with Crippen LogP contribution in [0.4, 0.5) is 13.2 Å². The van der Waals surface area contributed by atoms with Crippen LogP contribution in [0.15, 0.2) is 34.2 Å². The molecule has 0 fully saturated rings. The Morgan fingerprint density at radius 3 is 2.48 bits per heavy atom. The van der Waals surface area contributed by atoms with Gasteiger partial charge in [0, 0.05) is 24.2 Å². The summed E-state index contributed by atoms with van der Waals surface area (Å²) < 4.78 is 40.8. The molecule has 0 spiro atoms. The first-order valence-electron chi connectivity index (χ1n) is 8.80. The average molecular weight is 429 g/mol. The molecule has 1 aromatic carbocycles. The Balaban J connectivity index is 1.79. The molecule has 0 bridgehead atoms. The molecule has 0 unspecified atom stereocenters. The minimum atomic E-state index is -4.35. The standard InChI is InChI=1S/C19H22F3N3O3S/c1-12-15(17(27)25-18(24-12)29-2)7-8-16(26)23-9-13-3-5-14(6-4-13)10-28-11-19(20,21)22/h3-6H,7-11H2,1-2H3,(H,23,26)(H,24,25,27). The number of rotatable bonds is 9. The van der Waals surface area contributed by atoms with Crippen LogP contribution in [0.1, 0.15) is 28.8 Å². The average Bonchev–Trinajstić information content (AvgIpc) is 2.65. The zero-order valence-corrected chi connectivity index (χ0v) is 16.9. The van der Waals surface area contributed by atoms with E-state index >= 15 is 0 Å². The second-order valence-electron chi connectivity index (χ2n) is 6.34. The third kappa shape index (κ3) is 7.90. The van der Waals surface area contributed by atoms with Crippen LogP contribution in [0.25, 0.3) is 0 Å². The van der Waals surface area contributed by atoms with Crippen molar-refractivity contribution in [1.29, 1.82) is 0 Å². The number of aromatic amines is 1. The van der Waals surface area contributed by atoms with Gasteiger partial charge in [0.05, 0.1) is 6.61 Å². The second-order valence-corrected chi connectivity index (χ2v) is 7.14. The fourth-order valence-electron chi connectivity index (χ4n) is 2.54.